The minimum Gasteiger partial charge on any atom is -1.00 e. The zero-order valence-corrected chi connectivity index (χ0v) is 11.2. The van der Waals surface area contributed by atoms with Gasteiger partial charge in [0.1, 0.15) is 11.5 Å². The molecule has 0 saturated heterocycles. The standard InChI is InChI=1S/C14H8O4.2Li.2H/c15-9-5-1-3-7-11(9)14(18)8-4-2-6-10(16)12(8)13(7)17;;;;/h1-6,15-16H;;;;/q;2*+1;2*-1. The Balaban J connectivity index is 0. The fourth-order valence-electron chi connectivity index (χ4n) is 2.21. The number of ketones is 2. The van der Waals surface area contributed by atoms with E-state index in [1.54, 1.807) is 0 Å². The molecule has 0 atom stereocenters. The summed E-state index contributed by atoms with van der Waals surface area (Å²) in [5, 5.41) is 19.4. The first-order valence-electron chi connectivity index (χ1n) is 5.34. The molecule has 1 aliphatic rings. The molecule has 0 spiro atoms. The summed E-state index contributed by atoms with van der Waals surface area (Å²) in [7, 11) is 0. The van der Waals surface area contributed by atoms with Crippen LogP contribution in [0.3, 0.4) is 0 Å². The SMILES string of the molecule is O=C1c2cccc(O)c2C(=O)c2cccc(O)c21.[H-].[H-].[Li+].[Li+]. The summed E-state index contributed by atoms with van der Waals surface area (Å²) in [5.41, 5.74) is 0.240. The van der Waals surface area contributed by atoms with Crippen LogP contribution in [0.25, 0.3) is 0 Å². The zero-order chi connectivity index (χ0) is 12.9. The van der Waals surface area contributed by atoms with Gasteiger partial charge in [-0.05, 0) is 12.1 Å². The Morgan fingerprint density at radius 2 is 1.05 bits per heavy atom. The van der Waals surface area contributed by atoms with E-state index >= 15 is 0 Å². The quantitative estimate of drug-likeness (QED) is 0.403. The molecule has 92 valence electrons. The van der Waals surface area contributed by atoms with Crippen LogP contribution in [0.5, 0.6) is 11.5 Å². The Bertz CT molecular complexity index is 658. The van der Waals surface area contributed by atoms with Crippen LogP contribution >= 0.6 is 0 Å². The van der Waals surface area contributed by atoms with Gasteiger partial charge in [-0.3, -0.25) is 9.59 Å². The topological polar surface area (TPSA) is 74.6 Å². The van der Waals surface area contributed by atoms with E-state index in [-0.39, 0.29) is 74.3 Å². The maximum absolute atomic E-state index is 12.2. The molecular weight excluding hydrogens is 246 g/mol. The molecule has 2 aromatic rings. The van der Waals surface area contributed by atoms with Crippen molar-refractivity contribution in [2.75, 3.05) is 0 Å². The number of phenols is 2. The first-order chi connectivity index (χ1) is 8.61. The van der Waals surface area contributed by atoms with Gasteiger partial charge in [0.05, 0.1) is 11.1 Å². The third-order valence-corrected chi connectivity index (χ3v) is 3.03. The van der Waals surface area contributed by atoms with E-state index < -0.39 is 11.6 Å². The van der Waals surface area contributed by atoms with Gasteiger partial charge in [0.25, 0.3) is 0 Å². The Labute approximate surface area is 142 Å². The molecule has 0 radical (unpaired) electrons. The van der Waals surface area contributed by atoms with Crippen molar-refractivity contribution in [2.24, 2.45) is 0 Å². The number of carbonyl (C=O) groups is 2. The Hall–Kier alpha value is -1.43. The van der Waals surface area contributed by atoms with Crippen LogP contribution in [0.4, 0.5) is 0 Å². The fourth-order valence-corrected chi connectivity index (χ4v) is 2.21. The molecule has 2 aromatic carbocycles. The third-order valence-electron chi connectivity index (χ3n) is 3.03. The van der Waals surface area contributed by atoms with Crippen LogP contribution in [0.2, 0.25) is 0 Å². The van der Waals surface area contributed by atoms with E-state index in [0.717, 1.165) is 0 Å². The minimum absolute atomic E-state index is 0. The van der Waals surface area contributed by atoms with E-state index in [0.29, 0.717) is 0 Å². The fraction of sp³-hybridized carbons (Fsp3) is 0. The van der Waals surface area contributed by atoms with Crippen molar-refractivity contribution in [3.8, 4) is 11.5 Å². The molecule has 0 aliphatic heterocycles. The number of aromatic hydroxyl groups is 2. The summed E-state index contributed by atoms with van der Waals surface area (Å²) < 4.78 is 0. The van der Waals surface area contributed by atoms with Gasteiger partial charge in [0.15, 0.2) is 11.6 Å². The molecule has 0 aromatic heterocycles. The van der Waals surface area contributed by atoms with Gasteiger partial charge in [-0.1, -0.05) is 24.3 Å². The molecule has 0 fully saturated rings. The van der Waals surface area contributed by atoms with Crippen LogP contribution in [0.15, 0.2) is 36.4 Å². The average molecular weight is 256 g/mol. The number of phenolic OH excluding ortho intramolecular Hbond substituents is 2. The molecule has 2 N–H and O–H groups in total. The van der Waals surface area contributed by atoms with Crippen molar-refractivity contribution in [1.82, 2.24) is 0 Å². The van der Waals surface area contributed by atoms with Gasteiger partial charge < -0.3 is 13.1 Å². The molecule has 0 unspecified atom stereocenters. The second kappa shape index (κ2) is 5.91. The van der Waals surface area contributed by atoms with E-state index in [1.165, 1.54) is 36.4 Å². The Kier molecular flexibility index (Phi) is 4.92. The van der Waals surface area contributed by atoms with E-state index in [4.69, 9.17) is 0 Å². The molecule has 0 bridgehead atoms. The smallest absolute Gasteiger partial charge is 1.00 e. The van der Waals surface area contributed by atoms with E-state index in [9.17, 15) is 19.8 Å². The van der Waals surface area contributed by atoms with Gasteiger partial charge in [0, 0.05) is 11.1 Å². The molecular formula is C14H10Li2O4. The summed E-state index contributed by atoms with van der Waals surface area (Å²) in [6.45, 7) is 0. The molecule has 20 heavy (non-hydrogen) atoms. The van der Waals surface area contributed by atoms with Crippen molar-refractivity contribution in [3.63, 3.8) is 0 Å². The van der Waals surface area contributed by atoms with E-state index in [2.05, 4.69) is 0 Å². The van der Waals surface area contributed by atoms with Gasteiger partial charge in [-0.25, -0.2) is 0 Å². The number of carbonyl (C=O) groups excluding carboxylic acids is 2. The number of rotatable bonds is 0. The van der Waals surface area contributed by atoms with Crippen LogP contribution in [-0.2, 0) is 0 Å². The first-order valence-corrected chi connectivity index (χ1v) is 5.34. The van der Waals surface area contributed by atoms with Crippen LogP contribution in [0, 0.1) is 0 Å². The zero-order valence-electron chi connectivity index (χ0n) is 13.2. The second-order valence-electron chi connectivity index (χ2n) is 4.06. The van der Waals surface area contributed by atoms with Crippen molar-refractivity contribution in [2.45, 2.75) is 0 Å². The van der Waals surface area contributed by atoms with Crippen molar-refractivity contribution < 1.29 is 60.4 Å². The van der Waals surface area contributed by atoms with Gasteiger partial charge >= 0.3 is 37.7 Å². The number of benzene rings is 2. The molecule has 3 rings (SSSR count). The van der Waals surface area contributed by atoms with E-state index in [1.807, 2.05) is 0 Å². The van der Waals surface area contributed by atoms with Gasteiger partial charge in [0.2, 0.25) is 0 Å². The molecule has 6 heteroatoms. The normalized spacial score (nSPS) is 11.8. The monoisotopic (exact) mass is 256 g/mol. The number of hydrogen-bond donors (Lipinski definition) is 2. The molecule has 0 amide bonds. The summed E-state index contributed by atoms with van der Waals surface area (Å²) in [6, 6.07) is 8.62. The predicted octanol–water partition coefficient (Wildman–Crippen LogP) is -3.89. The molecule has 0 saturated carbocycles. The molecule has 1 aliphatic carbocycles. The van der Waals surface area contributed by atoms with Gasteiger partial charge in [-0.2, -0.15) is 0 Å². The van der Waals surface area contributed by atoms with Gasteiger partial charge in [-0.15, -0.1) is 0 Å². The summed E-state index contributed by atoms with van der Waals surface area (Å²) in [6.07, 6.45) is 0. The van der Waals surface area contributed by atoms with Crippen molar-refractivity contribution >= 4 is 11.6 Å². The third kappa shape index (κ3) is 2.22. The predicted molar refractivity (Wildman–Crippen MR) is 65.3 cm³/mol. The number of fused-ring (bicyclic) bond motifs is 2. The van der Waals surface area contributed by atoms with Crippen molar-refractivity contribution in [1.29, 1.82) is 0 Å². The average Bonchev–Trinajstić information content (AvgIpc) is 2.35. The first kappa shape index (κ1) is 16.6. The maximum atomic E-state index is 12.2. The van der Waals surface area contributed by atoms with Crippen molar-refractivity contribution in [3.05, 3.63) is 58.7 Å². The largest absolute Gasteiger partial charge is 1.00 e. The Morgan fingerprint density at radius 1 is 0.700 bits per heavy atom. The summed E-state index contributed by atoms with van der Waals surface area (Å²) in [5.74, 6) is -1.35. The van der Waals surface area contributed by atoms with Crippen LogP contribution in [-0.4, -0.2) is 21.8 Å². The number of hydrogen-bond acceptors (Lipinski definition) is 4. The minimum atomic E-state index is -0.450. The van der Waals surface area contributed by atoms with Crippen LogP contribution in [0.1, 0.15) is 34.7 Å². The molecule has 0 heterocycles. The summed E-state index contributed by atoms with van der Waals surface area (Å²) >= 11 is 0. The Morgan fingerprint density at radius 3 is 1.40 bits per heavy atom. The molecule has 4 nitrogen and oxygen atoms in total. The second-order valence-corrected chi connectivity index (χ2v) is 4.06. The summed E-state index contributed by atoms with van der Waals surface area (Å²) in [4.78, 5) is 24.4. The maximum Gasteiger partial charge on any atom is 1.00 e. The van der Waals surface area contributed by atoms with Crippen LogP contribution < -0.4 is 37.7 Å².